The minimum Gasteiger partial charge on any atom is -0.381 e. The van der Waals surface area contributed by atoms with Crippen molar-refractivity contribution in [2.75, 3.05) is 20.2 Å². The molecule has 0 bridgehead atoms. The first-order valence-corrected chi connectivity index (χ1v) is 10.1. The number of nitrogens with one attached hydrogen (secondary N) is 1. The van der Waals surface area contributed by atoms with Gasteiger partial charge in [0.15, 0.2) is 0 Å². The zero-order chi connectivity index (χ0) is 23.0. The Morgan fingerprint density at radius 2 is 1.94 bits per heavy atom. The average Bonchev–Trinajstić information content (AvgIpc) is 2.77. The fourth-order valence-electron chi connectivity index (χ4n) is 4.05. The molecule has 0 radical (unpaired) electrons. The highest BCUT2D eigenvalue weighted by molar-refractivity contribution is 5.96. The smallest absolute Gasteiger partial charge is 0.381 e. The molecular weight excluding hydrogens is 430 g/mol. The van der Waals surface area contributed by atoms with Crippen molar-refractivity contribution in [2.45, 2.75) is 31.3 Å². The number of methoxy groups -OCH3 is 1. The fraction of sp³-hybridized carbons (Fsp3) is 0.364. The van der Waals surface area contributed by atoms with Crippen molar-refractivity contribution >= 4 is 17.4 Å². The Balaban J connectivity index is 1.57. The molecule has 0 aliphatic carbocycles. The van der Waals surface area contributed by atoms with Crippen LogP contribution in [0.3, 0.4) is 0 Å². The maximum atomic E-state index is 14.9. The van der Waals surface area contributed by atoms with E-state index in [1.54, 1.807) is 12.0 Å². The van der Waals surface area contributed by atoms with E-state index < -0.39 is 35.7 Å². The number of rotatable bonds is 3. The molecule has 3 heterocycles. The second kappa shape index (κ2) is 8.42. The molecule has 1 saturated heterocycles. The zero-order valence-electron chi connectivity index (χ0n) is 17.2. The van der Waals surface area contributed by atoms with Gasteiger partial charge in [-0.3, -0.25) is 14.5 Å². The lowest BCUT2D eigenvalue weighted by atomic mass is 9.96. The summed E-state index contributed by atoms with van der Waals surface area (Å²) in [5.74, 6) is -2.07. The maximum absolute atomic E-state index is 14.9. The molecule has 1 N–H and O–H groups in total. The van der Waals surface area contributed by atoms with Gasteiger partial charge in [0.05, 0.1) is 11.7 Å². The van der Waals surface area contributed by atoms with Crippen molar-refractivity contribution in [3.05, 3.63) is 65.3 Å². The van der Waals surface area contributed by atoms with E-state index in [1.165, 1.54) is 30.5 Å². The molecule has 0 spiro atoms. The van der Waals surface area contributed by atoms with Gasteiger partial charge in [-0.1, -0.05) is 12.1 Å². The van der Waals surface area contributed by atoms with E-state index in [9.17, 15) is 27.2 Å². The van der Waals surface area contributed by atoms with Gasteiger partial charge in [-0.2, -0.15) is 13.2 Å². The third-order valence-electron chi connectivity index (χ3n) is 5.81. The summed E-state index contributed by atoms with van der Waals surface area (Å²) in [5.41, 5.74) is -0.747. The molecule has 0 saturated carbocycles. The van der Waals surface area contributed by atoms with Crippen LogP contribution in [0, 0.1) is 5.82 Å². The summed E-state index contributed by atoms with van der Waals surface area (Å²) in [5, 5.41) is 2.30. The van der Waals surface area contributed by atoms with Crippen LogP contribution in [0.2, 0.25) is 0 Å². The monoisotopic (exact) mass is 451 g/mol. The number of benzene rings is 1. The van der Waals surface area contributed by atoms with Gasteiger partial charge in [0.2, 0.25) is 0 Å². The van der Waals surface area contributed by atoms with Crippen LogP contribution in [0.25, 0.3) is 5.57 Å². The summed E-state index contributed by atoms with van der Waals surface area (Å²) in [6, 6.07) is 3.90. The number of fused-ring (bicyclic) bond motifs is 1. The van der Waals surface area contributed by atoms with Crippen LogP contribution in [-0.2, 0) is 9.53 Å². The first-order chi connectivity index (χ1) is 15.2. The SMILES string of the molecule is COC1CCN(C(=O)c2ccc(C3=CC=CN4C(=O)C=C(C(F)(F)F)NC34)cc2F)CC1. The molecule has 1 unspecified atom stereocenters. The van der Waals surface area contributed by atoms with E-state index in [-0.39, 0.29) is 22.8 Å². The van der Waals surface area contributed by atoms with E-state index in [1.807, 2.05) is 0 Å². The van der Waals surface area contributed by atoms with Crippen molar-refractivity contribution in [1.82, 2.24) is 15.1 Å². The van der Waals surface area contributed by atoms with Crippen LogP contribution in [0.15, 0.2) is 48.3 Å². The Morgan fingerprint density at radius 1 is 1.22 bits per heavy atom. The molecule has 1 aromatic carbocycles. The lowest BCUT2D eigenvalue weighted by Crippen LogP contribution is -2.52. The van der Waals surface area contributed by atoms with Gasteiger partial charge < -0.3 is 15.0 Å². The number of halogens is 4. The quantitative estimate of drug-likeness (QED) is 0.718. The van der Waals surface area contributed by atoms with E-state index >= 15 is 0 Å². The molecule has 1 fully saturated rings. The molecule has 4 rings (SSSR count). The number of hydrogen-bond acceptors (Lipinski definition) is 4. The van der Waals surface area contributed by atoms with E-state index in [0.717, 1.165) is 11.0 Å². The summed E-state index contributed by atoms with van der Waals surface area (Å²) >= 11 is 0. The topological polar surface area (TPSA) is 61.9 Å². The second-order valence-corrected chi connectivity index (χ2v) is 7.73. The van der Waals surface area contributed by atoms with Gasteiger partial charge in [-0.25, -0.2) is 4.39 Å². The molecule has 6 nitrogen and oxygen atoms in total. The predicted molar refractivity (Wildman–Crippen MR) is 107 cm³/mol. The van der Waals surface area contributed by atoms with Crippen LogP contribution < -0.4 is 5.32 Å². The Labute approximate surface area is 181 Å². The van der Waals surface area contributed by atoms with Crippen LogP contribution in [0.4, 0.5) is 17.6 Å². The maximum Gasteiger partial charge on any atom is 0.431 e. The van der Waals surface area contributed by atoms with E-state index in [0.29, 0.717) is 32.0 Å². The number of likely N-dealkylation sites (tertiary alicyclic amines) is 1. The Kier molecular flexibility index (Phi) is 5.81. The molecule has 3 aliphatic rings. The first kappa shape index (κ1) is 22.1. The number of allylic oxidation sites excluding steroid dienone is 3. The van der Waals surface area contributed by atoms with Crippen LogP contribution in [0.5, 0.6) is 0 Å². The molecule has 0 aromatic heterocycles. The first-order valence-electron chi connectivity index (χ1n) is 10.1. The molecule has 2 amide bonds. The number of carbonyl (C=O) groups is 2. The summed E-state index contributed by atoms with van der Waals surface area (Å²) in [6.45, 7) is 0.897. The van der Waals surface area contributed by atoms with Gasteiger partial charge in [0, 0.05) is 38.0 Å². The third-order valence-corrected chi connectivity index (χ3v) is 5.81. The predicted octanol–water partition coefficient (Wildman–Crippen LogP) is 3.19. The lowest BCUT2D eigenvalue weighted by Gasteiger charge is -2.38. The molecule has 170 valence electrons. The Bertz CT molecular complexity index is 1020. The van der Waals surface area contributed by atoms with Crippen molar-refractivity contribution in [1.29, 1.82) is 0 Å². The molecule has 1 aromatic rings. The van der Waals surface area contributed by atoms with Gasteiger partial charge in [-0.15, -0.1) is 0 Å². The largest absolute Gasteiger partial charge is 0.431 e. The van der Waals surface area contributed by atoms with Gasteiger partial charge in [-0.05, 0) is 36.6 Å². The minimum atomic E-state index is -4.73. The number of alkyl halides is 3. The molecule has 1 atom stereocenters. The van der Waals surface area contributed by atoms with Gasteiger partial charge >= 0.3 is 6.18 Å². The highest BCUT2D eigenvalue weighted by Gasteiger charge is 2.42. The highest BCUT2D eigenvalue weighted by Crippen LogP contribution is 2.33. The highest BCUT2D eigenvalue weighted by atomic mass is 19.4. The standard InChI is InChI=1S/C22H21F4N3O3/c1-32-14-6-9-28(10-7-14)21(31)16-5-4-13(11-17(16)23)15-3-2-8-29-19(30)12-18(22(24,25)26)27-20(15)29/h2-5,8,11-12,14,20,27H,6-7,9-10H2,1H3. The number of hydrogen-bond donors (Lipinski definition) is 1. The third kappa shape index (κ3) is 4.14. The van der Waals surface area contributed by atoms with Gasteiger partial charge in [0.1, 0.15) is 17.7 Å². The zero-order valence-corrected chi connectivity index (χ0v) is 17.2. The number of ether oxygens (including phenoxy) is 1. The number of carbonyl (C=O) groups excluding carboxylic acids is 2. The van der Waals surface area contributed by atoms with E-state index in [4.69, 9.17) is 4.74 Å². The van der Waals surface area contributed by atoms with E-state index in [2.05, 4.69) is 5.32 Å². The number of nitrogens with zero attached hydrogens (tertiary/aromatic N) is 2. The molecular formula is C22H21F4N3O3. The van der Waals surface area contributed by atoms with Crippen LogP contribution in [0.1, 0.15) is 28.8 Å². The lowest BCUT2D eigenvalue weighted by molar-refractivity contribution is -0.130. The number of piperidine rings is 1. The Morgan fingerprint density at radius 3 is 2.56 bits per heavy atom. The van der Waals surface area contributed by atoms with Gasteiger partial charge in [0.25, 0.3) is 11.8 Å². The minimum absolute atomic E-state index is 0.0712. The number of amides is 2. The van der Waals surface area contributed by atoms with Crippen molar-refractivity contribution in [2.24, 2.45) is 0 Å². The van der Waals surface area contributed by atoms with Crippen LogP contribution >= 0.6 is 0 Å². The van der Waals surface area contributed by atoms with Crippen molar-refractivity contribution in [3.8, 4) is 0 Å². The fourth-order valence-corrected chi connectivity index (χ4v) is 4.05. The van der Waals surface area contributed by atoms with Crippen LogP contribution in [-0.4, -0.2) is 60.3 Å². The summed E-state index contributed by atoms with van der Waals surface area (Å²) < 4.78 is 59.7. The normalized spacial score (nSPS) is 21.7. The van der Waals surface area contributed by atoms with Crippen molar-refractivity contribution in [3.63, 3.8) is 0 Å². The average molecular weight is 451 g/mol. The Hall–Kier alpha value is -3.14. The summed E-state index contributed by atoms with van der Waals surface area (Å²) in [7, 11) is 1.61. The summed E-state index contributed by atoms with van der Waals surface area (Å²) in [4.78, 5) is 27.6. The molecule has 32 heavy (non-hydrogen) atoms. The molecule has 3 aliphatic heterocycles. The van der Waals surface area contributed by atoms with Crippen molar-refractivity contribution < 1.29 is 31.9 Å². The summed E-state index contributed by atoms with van der Waals surface area (Å²) in [6.07, 6.45) is 0.350. The molecule has 10 heteroatoms. The second-order valence-electron chi connectivity index (χ2n) is 7.73.